The first kappa shape index (κ1) is 39.1. The molecular weight excluding hydrogens is 582 g/mol. The van der Waals surface area contributed by atoms with Crippen molar-refractivity contribution >= 4 is 12.1 Å². The molecule has 6 nitrogen and oxygen atoms in total. The fourth-order valence-electron chi connectivity index (χ4n) is 4.63. The number of nitrogens with zero attached hydrogens (tertiary/aromatic N) is 1. The first-order valence-corrected chi connectivity index (χ1v) is 16.2. The highest BCUT2D eigenvalue weighted by atomic mass is 79.9. The zero-order valence-electron chi connectivity index (χ0n) is 25.9. The van der Waals surface area contributed by atoms with Crippen molar-refractivity contribution in [3.8, 4) is 0 Å². The van der Waals surface area contributed by atoms with Gasteiger partial charge in [0.1, 0.15) is 19.8 Å². The fourth-order valence-corrected chi connectivity index (χ4v) is 4.63. The zero-order chi connectivity index (χ0) is 28.9. The Balaban J connectivity index is 0.0000160. The van der Waals surface area contributed by atoms with Crippen molar-refractivity contribution in [1.29, 1.82) is 0 Å². The summed E-state index contributed by atoms with van der Waals surface area (Å²) in [7, 11) is 0. The Morgan fingerprint density at radius 1 is 0.610 bits per heavy atom. The Hall–Kier alpha value is -1.89. The normalized spacial score (nSPS) is 10.6. The summed E-state index contributed by atoms with van der Waals surface area (Å²) in [6, 6.07) is 6.11. The van der Waals surface area contributed by atoms with Gasteiger partial charge in [0.15, 0.2) is 12.4 Å². The molecule has 1 aromatic heterocycles. The van der Waals surface area contributed by atoms with Gasteiger partial charge >= 0.3 is 12.1 Å². The quantitative estimate of drug-likeness (QED) is 0.0507. The molecule has 1 aromatic rings. The molecule has 0 aliphatic rings. The van der Waals surface area contributed by atoms with E-state index in [4.69, 9.17) is 14.2 Å². The van der Waals surface area contributed by atoms with Crippen LogP contribution in [-0.2, 0) is 25.5 Å². The Morgan fingerprint density at radius 2 is 1.10 bits per heavy atom. The molecule has 0 saturated carbocycles. The van der Waals surface area contributed by atoms with E-state index in [0.717, 1.165) is 51.5 Å². The summed E-state index contributed by atoms with van der Waals surface area (Å²) in [5.74, 6) is -0.235. The van der Waals surface area contributed by atoms with Crippen LogP contribution < -0.4 is 21.5 Å². The molecule has 41 heavy (non-hydrogen) atoms. The lowest BCUT2D eigenvalue weighted by molar-refractivity contribution is -0.697. The Morgan fingerprint density at radius 3 is 1.68 bits per heavy atom. The second kappa shape index (κ2) is 29.6. The maximum Gasteiger partial charge on any atom is 0.508 e. The highest BCUT2D eigenvalue weighted by molar-refractivity contribution is 5.69. The molecule has 0 fully saturated rings. The summed E-state index contributed by atoms with van der Waals surface area (Å²) in [4.78, 5) is 23.7. The molecule has 1 rings (SSSR count). The first-order valence-electron chi connectivity index (χ1n) is 16.2. The van der Waals surface area contributed by atoms with Crippen LogP contribution in [0.5, 0.6) is 0 Å². The van der Waals surface area contributed by atoms with Gasteiger partial charge < -0.3 is 31.2 Å². The lowest BCUT2D eigenvalue weighted by atomic mass is 10.0. The van der Waals surface area contributed by atoms with Crippen LogP contribution in [0.4, 0.5) is 4.79 Å². The van der Waals surface area contributed by atoms with Crippen molar-refractivity contribution < 1.29 is 45.3 Å². The predicted molar refractivity (Wildman–Crippen MR) is 162 cm³/mol. The zero-order valence-corrected chi connectivity index (χ0v) is 27.5. The number of esters is 1. The van der Waals surface area contributed by atoms with Crippen LogP contribution in [0, 0.1) is 0 Å². The number of carbonyl (C=O) groups is 2. The van der Waals surface area contributed by atoms with Crippen LogP contribution in [-0.4, -0.2) is 31.9 Å². The molecule has 0 spiro atoms. The van der Waals surface area contributed by atoms with Crippen LogP contribution in [0.25, 0.3) is 0 Å². The van der Waals surface area contributed by atoms with Crippen molar-refractivity contribution in [2.75, 3.05) is 19.8 Å². The molecule has 0 aromatic carbocycles. The van der Waals surface area contributed by atoms with E-state index in [1.54, 1.807) is 0 Å². The number of aryl methyl sites for hydroxylation is 1. The Kier molecular flexibility index (Phi) is 28.2. The van der Waals surface area contributed by atoms with Gasteiger partial charge in [-0.1, -0.05) is 116 Å². The number of hydrogen-bond donors (Lipinski definition) is 0. The molecule has 0 aliphatic carbocycles. The fraction of sp³-hybridized carbons (Fsp3) is 0.735. The highest BCUT2D eigenvalue weighted by Crippen LogP contribution is 2.13. The van der Waals surface area contributed by atoms with Gasteiger partial charge in [0.05, 0.1) is 6.61 Å². The monoisotopic (exact) mass is 639 g/mol. The molecule has 0 aliphatic heterocycles. The van der Waals surface area contributed by atoms with Crippen molar-refractivity contribution in [3.05, 3.63) is 42.7 Å². The van der Waals surface area contributed by atoms with Crippen molar-refractivity contribution in [2.24, 2.45) is 0 Å². The third-order valence-electron chi connectivity index (χ3n) is 7.12. The maximum atomic E-state index is 11.9. The average Bonchev–Trinajstić information content (AvgIpc) is 2.97. The highest BCUT2D eigenvalue weighted by Gasteiger charge is 2.08. The van der Waals surface area contributed by atoms with Gasteiger partial charge in [0.25, 0.3) is 0 Å². The van der Waals surface area contributed by atoms with Crippen molar-refractivity contribution in [1.82, 2.24) is 0 Å². The second-order valence-corrected chi connectivity index (χ2v) is 11.0. The van der Waals surface area contributed by atoms with Crippen molar-refractivity contribution in [2.45, 2.75) is 142 Å². The molecular formula is C34H58BrNO5. The smallest absolute Gasteiger partial charge is 0.508 e. The van der Waals surface area contributed by atoms with E-state index in [-0.39, 0.29) is 36.2 Å². The number of halogens is 1. The molecule has 0 unspecified atom stereocenters. The minimum Gasteiger partial charge on any atom is -1.00 e. The Labute approximate surface area is 261 Å². The number of hydrogen-bond acceptors (Lipinski definition) is 5. The van der Waals surface area contributed by atoms with Crippen molar-refractivity contribution in [3.63, 3.8) is 0 Å². The minimum absolute atomic E-state index is 0. The standard InChI is InChI=1S/C34H58NO5.BrH/c1-3-4-5-6-7-8-9-10-11-12-13-14-18-24-29-38-34(37)40-31-32(2)30-39-33(36)25-20-16-15-17-21-26-35-27-22-19-23-28-35;/h19,22-23,27-28H,2-18,20-21,24-26,29-31H2,1H3;1H/q+1;/p-1. The predicted octanol–water partition coefficient (Wildman–Crippen LogP) is 6.05. The van der Waals surface area contributed by atoms with Gasteiger partial charge in [0.2, 0.25) is 0 Å². The SMILES string of the molecule is C=C(COC(=O)CCCCCCC[n+]1ccccc1)COC(=O)OCCCCCCCCCCCCCCCC.[Br-]. The van der Waals surface area contributed by atoms with Crippen LogP contribution in [0.2, 0.25) is 0 Å². The van der Waals surface area contributed by atoms with E-state index in [1.165, 1.54) is 77.0 Å². The lowest BCUT2D eigenvalue weighted by Crippen LogP contribution is -3.00. The van der Waals surface area contributed by atoms with Crippen LogP contribution >= 0.6 is 0 Å². The number of carbonyl (C=O) groups excluding carboxylic acids is 2. The lowest BCUT2D eigenvalue weighted by Gasteiger charge is -2.09. The molecule has 1 heterocycles. The van der Waals surface area contributed by atoms with Crippen LogP contribution in [0.3, 0.4) is 0 Å². The average molecular weight is 641 g/mol. The summed E-state index contributed by atoms with van der Waals surface area (Å²) in [6.07, 6.45) is 27.2. The van der Waals surface area contributed by atoms with E-state index in [9.17, 15) is 9.59 Å². The topological polar surface area (TPSA) is 65.7 Å². The number of aromatic nitrogens is 1. The molecule has 0 atom stereocenters. The van der Waals surface area contributed by atoms with Gasteiger partial charge in [-0.05, 0) is 24.8 Å². The molecule has 0 bridgehead atoms. The number of pyridine rings is 1. The van der Waals surface area contributed by atoms with Gasteiger partial charge in [-0.25, -0.2) is 9.36 Å². The molecule has 7 heteroatoms. The van der Waals surface area contributed by atoms with E-state index >= 15 is 0 Å². The van der Waals surface area contributed by atoms with Crippen LogP contribution in [0.1, 0.15) is 135 Å². The summed E-state index contributed by atoms with van der Waals surface area (Å²) < 4.78 is 17.6. The van der Waals surface area contributed by atoms with E-state index in [2.05, 4.69) is 30.5 Å². The first-order chi connectivity index (χ1) is 19.6. The number of unbranched alkanes of at least 4 members (excludes halogenated alkanes) is 17. The van der Waals surface area contributed by atoms with E-state index in [0.29, 0.717) is 18.6 Å². The third-order valence-corrected chi connectivity index (χ3v) is 7.12. The van der Waals surface area contributed by atoms with Gasteiger partial charge in [-0.3, -0.25) is 4.79 Å². The number of ether oxygens (including phenoxy) is 3. The third kappa shape index (κ3) is 26.7. The van der Waals surface area contributed by atoms with Gasteiger partial charge in [-0.15, -0.1) is 0 Å². The largest absolute Gasteiger partial charge is 1.00 e. The molecule has 0 saturated heterocycles. The van der Waals surface area contributed by atoms with Gasteiger partial charge in [0, 0.05) is 25.0 Å². The summed E-state index contributed by atoms with van der Waals surface area (Å²) in [5.41, 5.74) is 0.542. The minimum atomic E-state index is -0.687. The summed E-state index contributed by atoms with van der Waals surface area (Å²) in [5, 5.41) is 0. The van der Waals surface area contributed by atoms with E-state index < -0.39 is 6.16 Å². The Bertz CT molecular complexity index is 759. The summed E-state index contributed by atoms with van der Waals surface area (Å²) in [6.45, 7) is 7.56. The molecule has 236 valence electrons. The van der Waals surface area contributed by atoms with Crippen LogP contribution in [0.15, 0.2) is 42.7 Å². The summed E-state index contributed by atoms with van der Waals surface area (Å²) >= 11 is 0. The molecule has 0 amide bonds. The molecule has 0 N–H and O–H groups in total. The molecule has 0 radical (unpaired) electrons. The second-order valence-electron chi connectivity index (χ2n) is 11.0. The maximum absolute atomic E-state index is 11.9. The number of rotatable bonds is 27. The van der Waals surface area contributed by atoms with E-state index in [1.807, 2.05) is 18.2 Å². The van der Waals surface area contributed by atoms with Gasteiger partial charge in [-0.2, -0.15) is 0 Å².